The van der Waals surface area contributed by atoms with Gasteiger partial charge in [0, 0.05) is 22.1 Å². The molecule has 2 N–H and O–H groups in total. The minimum absolute atomic E-state index is 0.105. The zero-order valence-corrected chi connectivity index (χ0v) is 17.8. The van der Waals surface area contributed by atoms with Crippen LogP contribution >= 0.6 is 27.5 Å². The molecule has 0 fully saturated rings. The quantitative estimate of drug-likeness (QED) is 0.599. The summed E-state index contributed by atoms with van der Waals surface area (Å²) < 4.78 is 5.98. The highest BCUT2D eigenvalue weighted by molar-refractivity contribution is 9.10. The van der Waals surface area contributed by atoms with E-state index in [1.807, 2.05) is 13.0 Å². The van der Waals surface area contributed by atoms with Crippen LogP contribution in [-0.2, 0) is 19.1 Å². The summed E-state index contributed by atoms with van der Waals surface area (Å²) in [5, 5.41) is 5.91. The van der Waals surface area contributed by atoms with Gasteiger partial charge in [-0.3, -0.25) is 14.4 Å². The summed E-state index contributed by atoms with van der Waals surface area (Å²) in [6.07, 6.45) is -0.105. The Hall–Kier alpha value is -2.38. The van der Waals surface area contributed by atoms with Crippen LogP contribution in [0, 0.1) is 6.92 Å². The average Bonchev–Trinajstić information content (AvgIpc) is 2.63. The summed E-state index contributed by atoms with van der Waals surface area (Å²) in [5.41, 5.74) is 2.29. The Balaban J connectivity index is 1.90. The molecule has 0 aromatic heterocycles. The molecule has 2 aromatic carbocycles. The van der Waals surface area contributed by atoms with E-state index >= 15 is 0 Å². The second kappa shape index (κ2) is 10.2. The van der Waals surface area contributed by atoms with Crippen molar-refractivity contribution in [1.29, 1.82) is 0 Å². The summed E-state index contributed by atoms with van der Waals surface area (Å²) >= 11 is 9.26. The summed E-state index contributed by atoms with van der Waals surface area (Å²) in [7, 11) is 0. The van der Waals surface area contributed by atoms with Crippen LogP contribution in [0.25, 0.3) is 0 Å². The van der Waals surface area contributed by atoms with Crippen LogP contribution in [0.4, 0.5) is 5.69 Å². The van der Waals surface area contributed by atoms with Gasteiger partial charge in [0.25, 0.3) is 5.91 Å². The van der Waals surface area contributed by atoms with Crippen molar-refractivity contribution in [3.63, 3.8) is 0 Å². The number of carbonyl (C=O) groups is 3. The lowest BCUT2D eigenvalue weighted by Crippen LogP contribution is -2.29. The highest BCUT2D eigenvalue weighted by Crippen LogP contribution is 2.21. The molecule has 6 nitrogen and oxygen atoms in total. The van der Waals surface area contributed by atoms with Crippen molar-refractivity contribution in [1.82, 2.24) is 5.32 Å². The van der Waals surface area contributed by atoms with Crippen molar-refractivity contribution in [2.75, 3.05) is 11.9 Å². The molecule has 0 aliphatic rings. The van der Waals surface area contributed by atoms with Crippen molar-refractivity contribution in [2.45, 2.75) is 26.3 Å². The second-order valence-electron chi connectivity index (χ2n) is 6.18. The first-order valence-electron chi connectivity index (χ1n) is 8.49. The van der Waals surface area contributed by atoms with Crippen LogP contribution in [0.15, 0.2) is 46.9 Å². The van der Waals surface area contributed by atoms with E-state index in [2.05, 4.69) is 26.6 Å². The number of carbonyl (C=O) groups excluding carboxylic acids is 3. The van der Waals surface area contributed by atoms with Crippen LogP contribution in [0.1, 0.15) is 30.5 Å². The van der Waals surface area contributed by atoms with Crippen LogP contribution in [-0.4, -0.2) is 24.4 Å². The maximum Gasteiger partial charge on any atom is 0.308 e. The maximum atomic E-state index is 12.1. The molecule has 2 aromatic rings. The molecule has 28 heavy (non-hydrogen) atoms. The number of anilines is 1. The largest absolute Gasteiger partial charge is 0.455 e. The zero-order valence-electron chi connectivity index (χ0n) is 15.4. The molecular formula is C20H20BrClN2O4. The van der Waals surface area contributed by atoms with Crippen LogP contribution in [0.3, 0.4) is 0 Å². The number of ether oxygens (including phenoxy) is 1. The predicted octanol–water partition coefficient (Wildman–Crippen LogP) is 4.16. The Bertz CT molecular complexity index is 871. The van der Waals surface area contributed by atoms with Gasteiger partial charge in [-0.25, -0.2) is 0 Å². The smallest absolute Gasteiger partial charge is 0.308 e. The summed E-state index contributed by atoms with van der Waals surface area (Å²) in [6.45, 7) is 2.85. The molecule has 0 radical (unpaired) electrons. The number of halogens is 2. The zero-order chi connectivity index (χ0) is 20.7. The molecule has 0 aliphatic heterocycles. The Kier molecular flexibility index (Phi) is 8.02. The SMILES string of the molecule is CC(=O)NC(CC(=O)OCC(=O)Nc1ccc(Br)c(C)c1)c1ccc(Cl)cc1. The molecule has 2 amide bonds. The predicted molar refractivity (Wildman–Crippen MR) is 111 cm³/mol. The average molecular weight is 468 g/mol. The number of nitrogens with one attached hydrogen (secondary N) is 2. The third kappa shape index (κ3) is 6.98. The number of benzene rings is 2. The van der Waals surface area contributed by atoms with Crippen LogP contribution < -0.4 is 10.6 Å². The first-order valence-corrected chi connectivity index (χ1v) is 9.66. The van der Waals surface area contributed by atoms with Gasteiger partial charge >= 0.3 is 5.97 Å². The lowest BCUT2D eigenvalue weighted by Gasteiger charge is -2.17. The topological polar surface area (TPSA) is 84.5 Å². The van der Waals surface area contributed by atoms with Crippen molar-refractivity contribution in [2.24, 2.45) is 0 Å². The first kappa shape index (κ1) is 21.9. The summed E-state index contributed by atoms with van der Waals surface area (Å²) in [5.74, 6) is -1.33. The number of amides is 2. The molecule has 0 saturated carbocycles. The van der Waals surface area contributed by atoms with Crippen LogP contribution in [0.2, 0.25) is 5.02 Å². The van der Waals surface area contributed by atoms with Gasteiger partial charge in [0.05, 0.1) is 12.5 Å². The highest BCUT2D eigenvalue weighted by atomic mass is 79.9. The van der Waals surface area contributed by atoms with Gasteiger partial charge in [-0.15, -0.1) is 0 Å². The monoisotopic (exact) mass is 466 g/mol. The molecule has 0 saturated heterocycles. The Morgan fingerprint density at radius 2 is 1.82 bits per heavy atom. The molecule has 1 atom stereocenters. The van der Waals surface area contributed by atoms with E-state index in [1.54, 1.807) is 36.4 Å². The van der Waals surface area contributed by atoms with E-state index in [1.165, 1.54) is 6.92 Å². The summed E-state index contributed by atoms with van der Waals surface area (Å²) in [4.78, 5) is 35.6. The first-order chi connectivity index (χ1) is 13.2. The molecule has 1 unspecified atom stereocenters. The normalized spacial score (nSPS) is 11.4. The van der Waals surface area contributed by atoms with Gasteiger partial charge in [0.15, 0.2) is 6.61 Å². The van der Waals surface area contributed by atoms with Gasteiger partial charge < -0.3 is 15.4 Å². The third-order valence-electron chi connectivity index (χ3n) is 3.83. The molecule has 0 heterocycles. The van der Waals surface area contributed by atoms with Gasteiger partial charge in [-0.1, -0.05) is 39.7 Å². The van der Waals surface area contributed by atoms with E-state index in [9.17, 15) is 14.4 Å². The number of hydrogen-bond acceptors (Lipinski definition) is 4. The lowest BCUT2D eigenvalue weighted by molar-refractivity contribution is -0.148. The fourth-order valence-corrected chi connectivity index (χ4v) is 2.86. The van der Waals surface area contributed by atoms with Crippen molar-refractivity contribution in [3.8, 4) is 0 Å². The van der Waals surface area contributed by atoms with Gasteiger partial charge in [0.1, 0.15) is 0 Å². The molecule has 148 valence electrons. The molecule has 0 bridgehead atoms. The number of hydrogen-bond donors (Lipinski definition) is 2. The van der Waals surface area contributed by atoms with Crippen LogP contribution in [0.5, 0.6) is 0 Å². The Labute approximate surface area is 176 Å². The van der Waals surface area contributed by atoms with Gasteiger partial charge in [-0.2, -0.15) is 0 Å². The molecule has 2 rings (SSSR count). The van der Waals surface area contributed by atoms with Gasteiger partial charge in [-0.05, 0) is 48.4 Å². The Morgan fingerprint density at radius 3 is 2.43 bits per heavy atom. The van der Waals surface area contributed by atoms with E-state index in [0.717, 1.165) is 10.0 Å². The molecule has 0 aliphatic carbocycles. The molecular weight excluding hydrogens is 448 g/mol. The minimum Gasteiger partial charge on any atom is -0.455 e. The fraction of sp³-hybridized carbons (Fsp3) is 0.250. The maximum absolute atomic E-state index is 12.1. The van der Waals surface area contributed by atoms with Crippen molar-refractivity contribution < 1.29 is 19.1 Å². The van der Waals surface area contributed by atoms with E-state index in [0.29, 0.717) is 16.3 Å². The standard InChI is InChI=1S/C20H20BrClN2O4/c1-12-9-16(7-8-17(12)21)24-19(26)11-28-20(27)10-18(23-13(2)25)14-3-5-15(22)6-4-14/h3-9,18H,10-11H2,1-2H3,(H,23,25)(H,24,26). The second-order valence-corrected chi connectivity index (χ2v) is 7.47. The third-order valence-corrected chi connectivity index (χ3v) is 4.97. The number of esters is 1. The van der Waals surface area contributed by atoms with Crippen molar-refractivity contribution >= 4 is 51.0 Å². The van der Waals surface area contributed by atoms with Gasteiger partial charge in [0.2, 0.25) is 5.91 Å². The highest BCUT2D eigenvalue weighted by Gasteiger charge is 2.19. The van der Waals surface area contributed by atoms with E-state index in [-0.39, 0.29) is 12.3 Å². The summed E-state index contributed by atoms with van der Waals surface area (Å²) in [6, 6.07) is 11.6. The number of aryl methyl sites for hydroxylation is 1. The van der Waals surface area contributed by atoms with E-state index < -0.39 is 24.5 Å². The fourth-order valence-electron chi connectivity index (χ4n) is 2.48. The number of rotatable bonds is 7. The molecule has 8 heteroatoms. The minimum atomic E-state index is -0.601. The Morgan fingerprint density at radius 1 is 1.14 bits per heavy atom. The lowest BCUT2D eigenvalue weighted by atomic mass is 10.0. The van der Waals surface area contributed by atoms with Crippen molar-refractivity contribution in [3.05, 3.63) is 63.1 Å². The van der Waals surface area contributed by atoms with E-state index in [4.69, 9.17) is 16.3 Å². The molecule has 0 spiro atoms.